The van der Waals surface area contributed by atoms with Gasteiger partial charge in [0.25, 0.3) is 0 Å². The number of hydrogen-bond donors (Lipinski definition) is 1. The van der Waals surface area contributed by atoms with Crippen LogP contribution in [0.3, 0.4) is 0 Å². The molecular weight excluding hydrogens is 291 g/mol. The Balaban J connectivity index is 2.55. The molecule has 0 aromatic heterocycles. The summed E-state index contributed by atoms with van der Waals surface area (Å²) >= 11 is 5.91. The molecule has 0 radical (unpaired) electrons. The van der Waals surface area contributed by atoms with Crippen LogP contribution < -0.4 is 10.5 Å². The number of para-hydroxylation sites is 1. The third kappa shape index (κ3) is 3.43. The first-order chi connectivity index (χ1) is 9.40. The van der Waals surface area contributed by atoms with Crippen LogP contribution in [0.4, 0.5) is 13.2 Å². The standard InChI is InChI=1S/C14H11ClF3NO/c15-10-6-5-9(8-19)12(7-10)11-3-1-2-4-13(11)20-14(16,17)18/h1-7H,8,19H2. The van der Waals surface area contributed by atoms with E-state index in [1.807, 2.05) is 0 Å². The Morgan fingerprint density at radius 3 is 2.40 bits per heavy atom. The van der Waals surface area contributed by atoms with E-state index in [9.17, 15) is 13.2 Å². The summed E-state index contributed by atoms with van der Waals surface area (Å²) in [5, 5.41) is 0.416. The topological polar surface area (TPSA) is 35.2 Å². The Hall–Kier alpha value is -1.72. The lowest BCUT2D eigenvalue weighted by Crippen LogP contribution is -2.17. The Morgan fingerprint density at radius 2 is 1.75 bits per heavy atom. The van der Waals surface area contributed by atoms with Crippen LogP contribution >= 0.6 is 11.6 Å². The number of nitrogens with two attached hydrogens (primary N) is 1. The maximum absolute atomic E-state index is 12.4. The summed E-state index contributed by atoms with van der Waals surface area (Å²) in [5.74, 6) is -0.281. The first-order valence-electron chi connectivity index (χ1n) is 5.74. The summed E-state index contributed by atoms with van der Waals surface area (Å²) in [6.45, 7) is 0.187. The zero-order valence-corrected chi connectivity index (χ0v) is 11.0. The van der Waals surface area contributed by atoms with Gasteiger partial charge in [-0.1, -0.05) is 35.9 Å². The van der Waals surface area contributed by atoms with E-state index >= 15 is 0 Å². The highest BCUT2D eigenvalue weighted by Crippen LogP contribution is 2.36. The van der Waals surface area contributed by atoms with Gasteiger partial charge in [0.05, 0.1) is 0 Å². The van der Waals surface area contributed by atoms with Crippen molar-refractivity contribution in [2.45, 2.75) is 12.9 Å². The molecule has 0 aliphatic heterocycles. The van der Waals surface area contributed by atoms with Crippen LogP contribution in [-0.4, -0.2) is 6.36 Å². The fraction of sp³-hybridized carbons (Fsp3) is 0.143. The summed E-state index contributed by atoms with van der Waals surface area (Å²) in [6.07, 6.45) is -4.75. The minimum atomic E-state index is -4.75. The smallest absolute Gasteiger partial charge is 0.405 e. The van der Waals surface area contributed by atoms with Crippen molar-refractivity contribution >= 4 is 11.6 Å². The van der Waals surface area contributed by atoms with Crippen LogP contribution in [0.25, 0.3) is 11.1 Å². The normalized spacial score (nSPS) is 11.4. The van der Waals surface area contributed by atoms with Gasteiger partial charge in [0.15, 0.2) is 0 Å². The first-order valence-corrected chi connectivity index (χ1v) is 6.12. The highest BCUT2D eigenvalue weighted by molar-refractivity contribution is 6.30. The molecule has 106 valence electrons. The van der Waals surface area contributed by atoms with E-state index in [1.54, 1.807) is 24.3 Å². The van der Waals surface area contributed by atoms with Crippen molar-refractivity contribution in [1.82, 2.24) is 0 Å². The molecule has 2 nitrogen and oxygen atoms in total. The van der Waals surface area contributed by atoms with Gasteiger partial charge < -0.3 is 10.5 Å². The number of halogens is 4. The second kappa shape index (κ2) is 5.73. The molecule has 0 saturated carbocycles. The minimum absolute atomic E-state index is 0.187. The Labute approximate surface area is 118 Å². The van der Waals surface area contributed by atoms with Gasteiger partial charge in [-0.3, -0.25) is 0 Å². The van der Waals surface area contributed by atoms with Crippen molar-refractivity contribution in [3.05, 3.63) is 53.1 Å². The second-order valence-electron chi connectivity index (χ2n) is 4.05. The zero-order chi connectivity index (χ0) is 14.8. The lowest BCUT2D eigenvalue weighted by Gasteiger charge is -2.15. The van der Waals surface area contributed by atoms with E-state index in [4.69, 9.17) is 17.3 Å². The van der Waals surface area contributed by atoms with E-state index in [2.05, 4.69) is 4.74 Å². The van der Waals surface area contributed by atoms with Gasteiger partial charge in [-0.2, -0.15) is 0 Å². The maximum atomic E-state index is 12.4. The average Bonchev–Trinajstić information content (AvgIpc) is 2.37. The highest BCUT2D eigenvalue weighted by atomic mass is 35.5. The number of rotatable bonds is 3. The van der Waals surface area contributed by atoms with Gasteiger partial charge in [-0.05, 0) is 29.3 Å². The Morgan fingerprint density at radius 1 is 1.05 bits per heavy atom. The third-order valence-corrected chi connectivity index (χ3v) is 2.93. The van der Waals surface area contributed by atoms with Crippen LogP contribution in [0.2, 0.25) is 5.02 Å². The predicted octanol–water partition coefficient (Wildman–Crippen LogP) is 4.36. The van der Waals surface area contributed by atoms with Crippen molar-refractivity contribution in [3.8, 4) is 16.9 Å². The fourth-order valence-corrected chi connectivity index (χ4v) is 2.05. The average molecular weight is 302 g/mol. The molecule has 20 heavy (non-hydrogen) atoms. The maximum Gasteiger partial charge on any atom is 0.573 e. The summed E-state index contributed by atoms with van der Waals surface area (Å²) in [4.78, 5) is 0. The van der Waals surface area contributed by atoms with Gasteiger partial charge in [-0.25, -0.2) is 0 Å². The Kier molecular flexibility index (Phi) is 4.20. The third-order valence-electron chi connectivity index (χ3n) is 2.69. The molecule has 2 N–H and O–H groups in total. The largest absolute Gasteiger partial charge is 0.573 e. The molecule has 0 aliphatic carbocycles. The number of alkyl halides is 3. The van der Waals surface area contributed by atoms with E-state index in [0.29, 0.717) is 21.7 Å². The molecule has 0 aliphatic rings. The molecule has 0 bridgehead atoms. The molecule has 6 heteroatoms. The number of hydrogen-bond acceptors (Lipinski definition) is 2. The number of benzene rings is 2. The summed E-state index contributed by atoms with van der Waals surface area (Å²) in [6, 6.07) is 10.8. The van der Waals surface area contributed by atoms with Crippen LogP contribution in [0.5, 0.6) is 5.75 Å². The summed E-state index contributed by atoms with van der Waals surface area (Å²) < 4.78 is 41.3. The number of ether oxygens (including phenoxy) is 1. The van der Waals surface area contributed by atoms with Gasteiger partial charge in [0.1, 0.15) is 5.75 Å². The van der Waals surface area contributed by atoms with Crippen LogP contribution in [-0.2, 0) is 6.54 Å². The lowest BCUT2D eigenvalue weighted by atomic mass is 9.99. The molecule has 2 aromatic carbocycles. The van der Waals surface area contributed by atoms with Gasteiger partial charge in [0.2, 0.25) is 0 Å². The molecule has 0 saturated heterocycles. The fourth-order valence-electron chi connectivity index (χ4n) is 1.88. The van der Waals surface area contributed by atoms with Crippen molar-refractivity contribution < 1.29 is 17.9 Å². The van der Waals surface area contributed by atoms with Crippen LogP contribution in [0, 0.1) is 0 Å². The predicted molar refractivity (Wildman–Crippen MR) is 71.5 cm³/mol. The van der Waals surface area contributed by atoms with Gasteiger partial charge >= 0.3 is 6.36 Å². The van der Waals surface area contributed by atoms with E-state index in [0.717, 1.165) is 0 Å². The molecule has 0 atom stereocenters. The van der Waals surface area contributed by atoms with E-state index in [1.165, 1.54) is 18.2 Å². The minimum Gasteiger partial charge on any atom is -0.405 e. The second-order valence-corrected chi connectivity index (χ2v) is 4.49. The summed E-state index contributed by atoms with van der Waals surface area (Å²) in [7, 11) is 0. The van der Waals surface area contributed by atoms with Crippen molar-refractivity contribution in [3.63, 3.8) is 0 Å². The van der Waals surface area contributed by atoms with Crippen LogP contribution in [0.1, 0.15) is 5.56 Å². The van der Waals surface area contributed by atoms with Gasteiger partial charge in [-0.15, -0.1) is 13.2 Å². The van der Waals surface area contributed by atoms with Crippen molar-refractivity contribution in [2.75, 3.05) is 0 Å². The molecule has 0 spiro atoms. The molecule has 2 rings (SSSR count). The lowest BCUT2D eigenvalue weighted by molar-refractivity contribution is -0.274. The van der Waals surface area contributed by atoms with Crippen molar-refractivity contribution in [2.24, 2.45) is 5.73 Å². The molecule has 0 amide bonds. The molecule has 2 aromatic rings. The van der Waals surface area contributed by atoms with E-state index < -0.39 is 6.36 Å². The molecule has 0 heterocycles. The monoisotopic (exact) mass is 301 g/mol. The Bertz CT molecular complexity index is 614. The molecule has 0 unspecified atom stereocenters. The summed E-state index contributed by atoms with van der Waals surface area (Å²) in [5.41, 5.74) is 7.12. The quantitative estimate of drug-likeness (QED) is 0.914. The first kappa shape index (κ1) is 14.7. The molecule has 0 fully saturated rings. The van der Waals surface area contributed by atoms with Gasteiger partial charge in [0, 0.05) is 17.1 Å². The van der Waals surface area contributed by atoms with Crippen molar-refractivity contribution in [1.29, 1.82) is 0 Å². The highest BCUT2D eigenvalue weighted by Gasteiger charge is 2.32. The van der Waals surface area contributed by atoms with E-state index in [-0.39, 0.29) is 12.3 Å². The zero-order valence-electron chi connectivity index (χ0n) is 10.2. The SMILES string of the molecule is NCc1ccc(Cl)cc1-c1ccccc1OC(F)(F)F. The molecular formula is C14H11ClF3NO. The van der Waals surface area contributed by atoms with Crippen LogP contribution in [0.15, 0.2) is 42.5 Å².